The van der Waals surface area contributed by atoms with Crippen LogP contribution < -0.4 is 5.32 Å². The zero-order chi connectivity index (χ0) is 21.1. The Kier molecular flexibility index (Phi) is 5.00. The summed E-state index contributed by atoms with van der Waals surface area (Å²) in [4.78, 5) is 16.1. The Morgan fingerprint density at radius 1 is 0.871 bits per heavy atom. The standard InChI is InChI=1S/C26H23N3O2/c30-25-28-23(18-31-25)16-24-17-27-19-29(24)26(20-10-4-1-5-11-20,21-12-6-2-7-13-21)22-14-8-3-9-15-22/h1-15,17,19,23H,16,18H2,(H,28,30)/t23-/m0/s1. The largest absolute Gasteiger partial charge is 0.447 e. The Hall–Kier alpha value is -3.86. The van der Waals surface area contributed by atoms with E-state index in [-0.39, 0.29) is 12.1 Å². The Morgan fingerprint density at radius 2 is 1.39 bits per heavy atom. The maximum absolute atomic E-state index is 11.6. The quantitative estimate of drug-likeness (QED) is 0.481. The van der Waals surface area contributed by atoms with Crippen LogP contribution in [0, 0.1) is 0 Å². The number of nitrogens with one attached hydrogen (secondary N) is 1. The molecule has 4 aromatic rings. The number of aromatic nitrogens is 2. The summed E-state index contributed by atoms with van der Waals surface area (Å²) in [6.07, 6.45) is 4.03. The average molecular weight is 409 g/mol. The lowest BCUT2D eigenvalue weighted by molar-refractivity contribution is 0.176. The number of nitrogens with zero attached hydrogens (tertiary/aromatic N) is 2. The maximum Gasteiger partial charge on any atom is 0.407 e. The molecule has 2 heterocycles. The third-order valence-corrected chi connectivity index (χ3v) is 5.84. The summed E-state index contributed by atoms with van der Waals surface area (Å²) in [5.41, 5.74) is 3.82. The smallest absolute Gasteiger partial charge is 0.407 e. The fourth-order valence-electron chi connectivity index (χ4n) is 4.52. The second-order valence-corrected chi connectivity index (χ2v) is 7.71. The van der Waals surface area contributed by atoms with Crippen LogP contribution in [-0.2, 0) is 16.7 Å². The molecule has 1 aliphatic heterocycles. The molecule has 0 radical (unpaired) electrons. The molecule has 0 bridgehead atoms. The predicted octanol–water partition coefficient (Wildman–Crippen LogP) is 4.37. The molecular weight excluding hydrogens is 386 g/mol. The van der Waals surface area contributed by atoms with Crippen LogP contribution in [0.4, 0.5) is 4.79 Å². The molecule has 31 heavy (non-hydrogen) atoms. The van der Waals surface area contributed by atoms with E-state index in [0.29, 0.717) is 13.0 Å². The first-order chi connectivity index (χ1) is 15.3. The van der Waals surface area contributed by atoms with Gasteiger partial charge in [-0.1, -0.05) is 91.0 Å². The van der Waals surface area contributed by atoms with Crippen LogP contribution in [-0.4, -0.2) is 28.3 Å². The lowest BCUT2D eigenvalue weighted by Gasteiger charge is -2.38. The highest BCUT2D eigenvalue weighted by Gasteiger charge is 2.40. The maximum atomic E-state index is 11.6. The van der Waals surface area contributed by atoms with E-state index in [1.165, 1.54) is 0 Å². The molecule has 1 fully saturated rings. The van der Waals surface area contributed by atoms with Crippen molar-refractivity contribution in [3.05, 3.63) is 126 Å². The number of rotatable bonds is 6. The number of hydrogen-bond donors (Lipinski definition) is 1. The molecule has 5 rings (SSSR count). The van der Waals surface area contributed by atoms with Gasteiger partial charge in [0.05, 0.1) is 12.4 Å². The van der Waals surface area contributed by atoms with Gasteiger partial charge in [0.2, 0.25) is 0 Å². The molecule has 0 unspecified atom stereocenters. The SMILES string of the molecule is O=C1N[C@@H](Cc2cncn2C(c2ccccc2)(c2ccccc2)c2ccccc2)CO1. The van der Waals surface area contributed by atoms with E-state index in [1.54, 1.807) is 0 Å². The molecule has 0 spiro atoms. The monoisotopic (exact) mass is 409 g/mol. The van der Waals surface area contributed by atoms with Gasteiger partial charge in [-0.05, 0) is 16.7 Å². The lowest BCUT2D eigenvalue weighted by atomic mass is 9.76. The number of imidazole rings is 1. The summed E-state index contributed by atoms with van der Waals surface area (Å²) in [5.74, 6) is 0. The van der Waals surface area contributed by atoms with E-state index in [1.807, 2.05) is 30.7 Å². The molecule has 1 atom stereocenters. The van der Waals surface area contributed by atoms with Crippen molar-refractivity contribution in [2.75, 3.05) is 6.61 Å². The van der Waals surface area contributed by atoms with Crippen molar-refractivity contribution in [3.63, 3.8) is 0 Å². The normalized spacial score (nSPS) is 16.0. The fraction of sp³-hybridized carbons (Fsp3) is 0.154. The predicted molar refractivity (Wildman–Crippen MR) is 119 cm³/mol. The van der Waals surface area contributed by atoms with E-state index in [9.17, 15) is 4.79 Å². The molecule has 0 aliphatic carbocycles. The highest BCUT2D eigenvalue weighted by Crippen LogP contribution is 2.41. The minimum absolute atomic E-state index is 0.0806. The van der Waals surface area contributed by atoms with Gasteiger partial charge >= 0.3 is 6.09 Å². The van der Waals surface area contributed by atoms with Gasteiger partial charge in [-0.15, -0.1) is 0 Å². The topological polar surface area (TPSA) is 56.2 Å². The van der Waals surface area contributed by atoms with E-state index in [0.717, 1.165) is 22.4 Å². The van der Waals surface area contributed by atoms with Crippen molar-refractivity contribution in [3.8, 4) is 0 Å². The Balaban J connectivity index is 1.76. The van der Waals surface area contributed by atoms with Crippen LogP contribution in [0.3, 0.4) is 0 Å². The molecule has 154 valence electrons. The molecule has 5 heteroatoms. The van der Waals surface area contributed by atoms with E-state index in [4.69, 9.17) is 4.74 Å². The van der Waals surface area contributed by atoms with Crippen molar-refractivity contribution in [2.24, 2.45) is 0 Å². The Bertz CT molecular complexity index is 1060. The summed E-state index contributed by atoms with van der Waals surface area (Å²) in [6.45, 7) is 0.360. The number of ether oxygens (including phenoxy) is 1. The van der Waals surface area contributed by atoms with Gasteiger partial charge in [0, 0.05) is 18.3 Å². The summed E-state index contributed by atoms with van der Waals surface area (Å²) in [7, 11) is 0. The van der Waals surface area contributed by atoms with Crippen LogP contribution in [0.1, 0.15) is 22.4 Å². The first-order valence-electron chi connectivity index (χ1n) is 10.4. The molecular formula is C26H23N3O2. The first-order valence-corrected chi connectivity index (χ1v) is 10.4. The molecule has 1 amide bonds. The molecule has 1 aliphatic rings. The van der Waals surface area contributed by atoms with Crippen LogP contribution >= 0.6 is 0 Å². The number of hydrogen-bond acceptors (Lipinski definition) is 3. The van der Waals surface area contributed by atoms with E-state index in [2.05, 4.69) is 87.7 Å². The zero-order valence-corrected chi connectivity index (χ0v) is 17.0. The first kappa shape index (κ1) is 19.1. The molecule has 1 aromatic heterocycles. The van der Waals surface area contributed by atoms with Gasteiger partial charge in [-0.2, -0.15) is 0 Å². The molecule has 1 saturated heterocycles. The molecule has 1 N–H and O–H groups in total. The Labute approximate surface area is 181 Å². The summed E-state index contributed by atoms with van der Waals surface area (Å²) < 4.78 is 7.35. The average Bonchev–Trinajstić information content (AvgIpc) is 3.46. The third-order valence-electron chi connectivity index (χ3n) is 5.84. The highest BCUT2D eigenvalue weighted by atomic mass is 16.6. The van der Waals surface area contributed by atoms with Gasteiger partial charge in [-0.3, -0.25) is 0 Å². The number of amides is 1. The van der Waals surface area contributed by atoms with Crippen LogP contribution in [0.15, 0.2) is 104 Å². The van der Waals surface area contributed by atoms with Gasteiger partial charge in [0.15, 0.2) is 0 Å². The van der Waals surface area contributed by atoms with Crippen molar-refractivity contribution in [2.45, 2.75) is 18.0 Å². The molecule has 3 aromatic carbocycles. The number of alkyl carbamates (subject to hydrolysis) is 1. The van der Waals surface area contributed by atoms with Crippen molar-refractivity contribution < 1.29 is 9.53 Å². The van der Waals surface area contributed by atoms with Crippen molar-refractivity contribution >= 4 is 6.09 Å². The minimum Gasteiger partial charge on any atom is -0.447 e. The molecule has 0 saturated carbocycles. The number of cyclic esters (lactones) is 1. The second-order valence-electron chi connectivity index (χ2n) is 7.71. The number of carbonyl (C=O) groups excluding carboxylic acids is 1. The highest BCUT2D eigenvalue weighted by molar-refractivity contribution is 5.69. The zero-order valence-electron chi connectivity index (χ0n) is 17.0. The van der Waals surface area contributed by atoms with Crippen molar-refractivity contribution in [1.29, 1.82) is 0 Å². The summed E-state index contributed by atoms with van der Waals surface area (Å²) >= 11 is 0. The fourth-order valence-corrected chi connectivity index (χ4v) is 4.52. The number of benzene rings is 3. The van der Waals surface area contributed by atoms with Gasteiger partial charge < -0.3 is 14.6 Å². The van der Waals surface area contributed by atoms with Gasteiger partial charge in [0.25, 0.3) is 0 Å². The number of carbonyl (C=O) groups is 1. The van der Waals surface area contributed by atoms with Crippen LogP contribution in [0.5, 0.6) is 0 Å². The van der Waals surface area contributed by atoms with Gasteiger partial charge in [-0.25, -0.2) is 9.78 Å². The summed E-state index contributed by atoms with van der Waals surface area (Å²) in [5, 5.41) is 2.89. The van der Waals surface area contributed by atoms with Crippen molar-refractivity contribution in [1.82, 2.24) is 14.9 Å². The third kappa shape index (κ3) is 3.38. The summed E-state index contributed by atoms with van der Waals surface area (Å²) in [6, 6.07) is 31.4. The van der Waals surface area contributed by atoms with Crippen LogP contribution in [0.2, 0.25) is 0 Å². The van der Waals surface area contributed by atoms with E-state index >= 15 is 0 Å². The lowest BCUT2D eigenvalue weighted by Crippen LogP contribution is -2.39. The second kappa shape index (κ2) is 8.11. The van der Waals surface area contributed by atoms with Crippen LogP contribution in [0.25, 0.3) is 0 Å². The Morgan fingerprint density at radius 3 is 1.84 bits per heavy atom. The minimum atomic E-state index is -0.612. The van der Waals surface area contributed by atoms with E-state index < -0.39 is 5.54 Å². The van der Waals surface area contributed by atoms with Gasteiger partial charge in [0.1, 0.15) is 12.1 Å². The molecule has 5 nitrogen and oxygen atoms in total.